The van der Waals surface area contributed by atoms with E-state index in [4.69, 9.17) is 14.2 Å². The summed E-state index contributed by atoms with van der Waals surface area (Å²) < 4.78 is 16.1. The van der Waals surface area contributed by atoms with Crippen LogP contribution in [0.15, 0.2) is 12.1 Å². The van der Waals surface area contributed by atoms with Crippen molar-refractivity contribution in [2.24, 2.45) is 0 Å². The van der Waals surface area contributed by atoms with Gasteiger partial charge in [-0.05, 0) is 52.3 Å². The minimum atomic E-state index is -0.618. The van der Waals surface area contributed by atoms with Gasteiger partial charge in [0.1, 0.15) is 24.2 Å². The number of rotatable bonds is 7. The molecule has 0 radical (unpaired) electrons. The van der Waals surface area contributed by atoms with Crippen LogP contribution in [0.1, 0.15) is 63.0 Å². The van der Waals surface area contributed by atoms with Crippen LogP contribution in [0.25, 0.3) is 0 Å². The molecular formula is C19H26O6. The van der Waals surface area contributed by atoms with E-state index in [0.717, 1.165) is 0 Å². The Morgan fingerprint density at radius 1 is 1.20 bits per heavy atom. The van der Waals surface area contributed by atoms with Crippen LogP contribution in [0, 0.1) is 0 Å². The fourth-order valence-electron chi connectivity index (χ4n) is 2.17. The van der Waals surface area contributed by atoms with Crippen molar-refractivity contribution in [1.29, 1.82) is 0 Å². The third-order valence-electron chi connectivity index (χ3n) is 2.98. The summed E-state index contributed by atoms with van der Waals surface area (Å²) in [6.07, 6.45) is 0.423. The average Bonchev–Trinajstić information content (AvgIpc) is 2.44. The lowest BCUT2D eigenvalue weighted by Crippen LogP contribution is -2.25. The van der Waals surface area contributed by atoms with Crippen molar-refractivity contribution in [3.05, 3.63) is 28.8 Å². The fraction of sp³-hybridized carbons (Fsp3) is 0.526. The lowest BCUT2D eigenvalue weighted by atomic mass is 10.0. The number of carbonyl (C=O) groups is 3. The van der Waals surface area contributed by atoms with Crippen molar-refractivity contribution in [3.63, 3.8) is 0 Å². The van der Waals surface area contributed by atoms with Crippen molar-refractivity contribution in [3.8, 4) is 5.75 Å². The van der Waals surface area contributed by atoms with Gasteiger partial charge in [-0.2, -0.15) is 0 Å². The van der Waals surface area contributed by atoms with Crippen molar-refractivity contribution >= 4 is 18.2 Å². The maximum absolute atomic E-state index is 12.2. The molecule has 25 heavy (non-hydrogen) atoms. The number of benzene rings is 1. The largest absolute Gasteiger partial charge is 0.491 e. The van der Waals surface area contributed by atoms with Crippen LogP contribution >= 0.6 is 0 Å². The Morgan fingerprint density at radius 3 is 2.32 bits per heavy atom. The second-order valence-electron chi connectivity index (χ2n) is 6.99. The third-order valence-corrected chi connectivity index (χ3v) is 2.98. The summed E-state index contributed by atoms with van der Waals surface area (Å²) in [5.41, 5.74) is 0.767. The van der Waals surface area contributed by atoms with Gasteiger partial charge in [0.25, 0.3) is 0 Å². The van der Waals surface area contributed by atoms with Crippen molar-refractivity contribution < 1.29 is 28.6 Å². The molecule has 0 saturated carbocycles. The molecule has 0 aliphatic carbocycles. The van der Waals surface area contributed by atoms with Crippen LogP contribution in [0.3, 0.4) is 0 Å². The van der Waals surface area contributed by atoms with Gasteiger partial charge < -0.3 is 14.2 Å². The first-order chi connectivity index (χ1) is 11.5. The predicted molar refractivity (Wildman–Crippen MR) is 92.6 cm³/mol. The smallest absolute Gasteiger partial charge is 0.310 e. The number of hydrogen-bond donors (Lipinski definition) is 0. The zero-order chi connectivity index (χ0) is 19.2. The van der Waals surface area contributed by atoms with E-state index in [1.165, 1.54) is 6.92 Å². The van der Waals surface area contributed by atoms with Gasteiger partial charge in [-0.25, -0.2) is 0 Å². The Hall–Kier alpha value is -2.37. The van der Waals surface area contributed by atoms with E-state index in [-0.39, 0.29) is 19.1 Å². The molecule has 6 nitrogen and oxygen atoms in total. The second kappa shape index (κ2) is 8.65. The summed E-state index contributed by atoms with van der Waals surface area (Å²) >= 11 is 0. The van der Waals surface area contributed by atoms with E-state index in [0.29, 0.717) is 28.7 Å². The molecule has 138 valence electrons. The van der Waals surface area contributed by atoms with E-state index >= 15 is 0 Å². The van der Waals surface area contributed by atoms with E-state index < -0.39 is 17.5 Å². The normalized spacial score (nSPS) is 11.2. The number of esters is 2. The van der Waals surface area contributed by atoms with Crippen LogP contribution < -0.4 is 4.74 Å². The first kappa shape index (κ1) is 20.7. The Bertz CT molecular complexity index is 640. The van der Waals surface area contributed by atoms with Gasteiger partial charge in [0.05, 0.1) is 12.5 Å². The number of carbonyl (C=O) groups excluding carboxylic acids is 3. The van der Waals surface area contributed by atoms with Gasteiger partial charge >= 0.3 is 11.9 Å². The second-order valence-corrected chi connectivity index (χ2v) is 6.99. The van der Waals surface area contributed by atoms with Crippen LogP contribution in [0.5, 0.6) is 5.75 Å². The lowest BCUT2D eigenvalue weighted by Gasteiger charge is -2.21. The molecule has 1 aromatic rings. The Kier molecular flexibility index (Phi) is 7.15. The van der Waals surface area contributed by atoms with E-state index in [9.17, 15) is 14.4 Å². The molecule has 1 aromatic carbocycles. The summed E-state index contributed by atoms with van der Waals surface area (Å²) in [4.78, 5) is 34.7. The highest BCUT2D eigenvalue weighted by Gasteiger charge is 2.21. The molecule has 0 heterocycles. The molecule has 6 heteroatoms. The standard InChI is InChI=1S/C19H26O6/c1-12(2)24-17-8-14(11-23-13(3)21)7-15(10-20)16(17)9-18(22)25-19(4,5)6/h7-8,10,12H,9,11H2,1-6H3. The highest BCUT2D eigenvalue weighted by molar-refractivity contribution is 5.84. The maximum Gasteiger partial charge on any atom is 0.310 e. The first-order valence-corrected chi connectivity index (χ1v) is 8.14. The molecule has 0 fully saturated rings. The van der Waals surface area contributed by atoms with Crippen LogP contribution in [0.2, 0.25) is 0 Å². The molecule has 0 unspecified atom stereocenters. The Balaban J connectivity index is 3.21. The van der Waals surface area contributed by atoms with Crippen molar-refractivity contribution in [2.75, 3.05) is 0 Å². The Morgan fingerprint density at radius 2 is 1.84 bits per heavy atom. The highest BCUT2D eigenvalue weighted by Crippen LogP contribution is 2.27. The zero-order valence-electron chi connectivity index (χ0n) is 15.7. The molecule has 0 aliphatic rings. The summed E-state index contributed by atoms with van der Waals surface area (Å²) in [6.45, 7) is 10.4. The predicted octanol–water partition coefficient (Wildman–Crippen LogP) is 3.23. The van der Waals surface area contributed by atoms with Gasteiger partial charge in [-0.15, -0.1) is 0 Å². The zero-order valence-corrected chi connectivity index (χ0v) is 15.7. The molecule has 0 amide bonds. The van der Waals surface area contributed by atoms with Crippen LogP contribution in [0.4, 0.5) is 0 Å². The van der Waals surface area contributed by atoms with Gasteiger partial charge in [0.15, 0.2) is 0 Å². The third kappa shape index (κ3) is 7.37. The molecule has 0 aromatic heterocycles. The maximum atomic E-state index is 12.2. The lowest BCUT2D eigenvalue weighted by molar-refractivity contribution is -0.154. The SMILES string of the molecule is CC(=O)OCc1cc(C=O)c(CC(=O)OC(C)(C)C)c(OC(C)C)c1. The van der Waals surface area contributed by atoms with Gasteiger partial charge in [0, 0.05) is 18.1 Å². The molecule has 0 spiro atoms. The molecule has 0 saturated heterocycles. The summed E-state index contributed by atoms with van der Waals surface area (Å²) in [5.74, 6) is -0.457. The average molecular weight is 350 g/mol. The van der Waals surface area contributed by atoms with Crippen molar-refractivity contribution in [1.82, 2.24) is 0 Å². The number of ether oxygens (including phenoxy) is 3. The van der Waals surface area contributed by atoms with Crippen LogP contribution in [-0.4, -0.2) is 29.9 Å². The number of aldehydes is 1. The van der Waals surface area contributed by atoms with Crippen molar-refractivity contribution in [2.45, 2.75) is 66.3 Å². The minimum Gasteiger partial charge on any atom is -0.491 e. The minimum absolute atomic E-state index is 0.0251. The molecule has 0 aliphatic heterocycles. The highest BCUT2D eigenvalue weighted by atomic mass is 16.6. The molecule has 0 N–H and O–H groups in total. The van der Waals surface area contributed by atoms with Gasteiger partial charge in [-0.1, -0.05) is 0 Å². The number of hydrogen-bond acceptors (Lipinski definition) is 6. The fourth-order valence-corrected chi connectivity index (χ4v) is 2.17. The Labute approximate surface area is 148 Å². The molecule has 1 rings (SSSR count). The van der Waals surface area contributed by atoms with E-state index in [1.807, 2.05) is 13.8 Å². The summed E-state index contributed by atoms with van der Waals surface area (Å²) in [7, 11) is 0. The van der Waals surface area contributed by atoms with Crippen LogP contribution in [-0.2, 0) is 32.1 Å². The van der Waals surface area contributed by atoms with E-state index in [2.05, 4.69) is 0 Å². The molecular weight excluding hydrogens is 324 g/mol. The van der Waals surface area contributed by atoms with E-state index in [1.54, 1.807) is 32.9 Å². The topological polar surface area (TPSA) is 78.9 Å². The monoisotopic (exact) mass is 350 g/mol. The van der Waals surface area contributed by atoms with Gasteiger partial charge in [0.2, 0.25) is 0 Å². The summed E-state index contributed by atoms with van der Waals surface area (Å²) in [6, 6.07) is 3.26. The molecule has 0 bridgehead atoms. The molecule has 0 atom stereocenters. The first-order valence-electron chi connectivity index (χ1n) is 8.14. The van der Waals surface area contributed by atoms with Gasteiger partial charge in [-0.3, -0.25) is 14.4 Å². The summed E-state index contributed by atoms with van der Waals surface area (Å²) in [5, 5.41) is 0. The quantitative estimate of drug-likeness (QED) is 0.555.